The molecule has 1 N–H and O–H groups in total. The van der Waals surface area contributed by atoms with Crippen LogP contribution in [0.15, 0.2) is 29.4 Å². The predicted molar refractivity (Wildman–Crippen MR) is 89.3 cm³/mol. The molecule has 3 fully saturated rings. The lowest BCUT2D eigenvalue weighted by atomic mass is 9.71. The number of carboxylic acid groups (broad SMARTS) is 1. The first-order chi connectivity index (χ1) is 12.5. The number of hydrogen-bond donors (Lipinski definition) is 1. The number of likely N-dealkylation sites (tertiary alicyclic amines) is 1. The molecule has 2 bridgehead atoms. The molecule has 0 spiro atoms. The third-order valence-electron chi connectivity index (χ3n) is 6.22. The van der Waals surface area contributed by atoms with Crippen molar-refractivity contribution in [1.29, 1.82) is 0 Å². The van der Waals surface area contributed by atoms with E-state index in [4.69, 9.17) is 21.5 Å². The first kappa shape index (κ1) is 15.8. The minimum absolute atomic E-state index is 0.0519. The van der Waals surface area contributed by atoms with E-state index in [2.05, 4.69) is 5.16 Å². The lowest BCUT2D eigenvalue weighted by Crippen LogP contribution is -2.41. The summed E-state index contributed by atoms with van der Waals surface area (Å²) in [5.74, 6) is -3.07. The van der Waals surface area contributed by atoms with E-state index in [-0.39, 0.29) is 35.7 Å². The number of amides is 2. The maximum absolute atomic E-state index is 12.7. The van der Waals surface area contributed by atoms with Gasteiger partial charge in [-0.1, -0.05) is 28.9 Å². The Morgan fingerprint density at radius 2 is 1.81 bits per heavy atom. The number of halogens is 1. The van der Waals surface area contributed by atoms with Gasteiger partial charge in [-0.3, -0.25) is 19.3 Å². The number of hydrogen-bond acceptors (Lipinski definition) is 5. The molecular weight excluding hydrogens is 360 g/mol. The van der Waals surface area contributed by atoms with Crippen LogP contribution in [0.5, 0.6) is 0 Å². The predicted octanol–water partition coefficient (Wildman–Crippen LogP) is 1.39. The topological polar surface area (TPSA) is 96.3 Å². The van der Waals surface area contributed by atoms with Crippen LogP contribution in [0, 0.1) is 29.6 Å². The normalized spacial score (nSPS) is 36.8. The molecule has 2 saturated carbocycles. The Kier molecular flexibility index (Phi) is 3.22. The fourth-order valence-electron chi connectivity index (χ4n) is 5.34. The zero-order chi connectivity index (χ0) is 18.2. The first-order valence-electron chi connectivity index (χ1n) is 8.54. The summed E-state index contributed by atoms with van der Waals surface area (Å²) in [6.07, 6.45) is 0.504. The summed E-state index contributed by atoms with van der Waals surface area (Å²) >= 11 is 5.95. The molecule has 6 atom stereocenters. The second-order valence-electron chi connectivity index (χ2n) is 7.35. The summed E-state index contributed by atoms with van der Waals surface area (Å²) in [4.78, 5) is 43.0. The molecule has 1 aromatic rings. The third-order valence-corrected chi connectivity index (χ3v) is 6.47. The van der Waals surface area contributed by atoms with Crippen LogP contribution in [0.4, 0.5) is 0 Å². The number of rotatable bonds is 3. The molecule has 1 aromatic carbocycles. The van der Waals surface area contributed by atoms with Gasteiger partial charge in [-0.2, -0.15) is 0 Å². The number of imide groups is 1. The molecule has 7 nitrogen and oxygen atoms in total. The van der Waals surface area contributed by atoms with E-state index in [1.807, 2.05) is 12.1 Å². The van der Waals surface area contributed by atoms with Gasteiger partial charge in [0.05, 0.1) is 17.5 Å². The second kappa shape index (κ2) is 5.30. The molecule has 0 unspecified atom stereocenters. The summed E-state index contributed by atoms with van der Waals surface area (Å²) in [7, 11) is 0. The summed E-state index contributed by atoms with van der Waals surface area (Å²) in [6.45, 7) is -0.571. The number of carbonyl (C=O) groups is 3. The minimum Gasteiger partial charge on any atom is -0.480 e. The van der Waals surface area contributed by atoms with Crippen molar-refractivity contribution in [2.75, 3.05) is 6.54 Å². The Balaban J connectivity index is 1.47. The van der Waals surface area contributed by atoms with E-state index >= 15 is 0 Å². The first-order valence-corrected chi connectivity index (χ1v) is 8.92. The standard InChI is InChI=1S/C18H15ClN2O5/c19-8-3-1-7(2-4-8)15-14-9-5-10(16(14)26-20-15)13-12(9)17(24)21(18(13)25)6-11(22)23/h1-4,9-10,12-14,16H,5-6H2,(H,22,23)/t9-,10+,12-,13+,14-,16-/m1/s1. The van der Waals surface area contributed by atoms with Crippen molar-refractivity contribution in [1.82, 2.24) is 4.90 Å². The highest BCUT2D eigenvalue weighted by Crippen LogP contribution is 2.61. The van der Waals surface area contributed by atoms with Crippen molar-refractivity contribution in [3.05, 3.63) is 34.9 Å². The lowest BCUT2D eigenvalue weighted by molar-refractivity contribution is -0.150. The zero-order valence-corrected chi connectivity index (χ0v) is 14.3. The van der Waals surface area contributed by atoms with Crippen molar-refractivity contribution in [2.24, 2.45) is 34.7 Å². The van der Waals surface area contributed by atoms with Crippen molar-refractivity contribution in [3.8, 4) is 0 Å². The van der Waals surface area contributed by atoms with Gasteiger partial charge in [-0.15, -0.1) is 0 Å². The van der Waals surface area contributed by atoms with Gasteiger partial charge < -0.3 is 9.94 Å². The Morgan fingerprint density at radius 3 is 2.46 bits per heavy atom. The number of fused-ring (bicyclic) bond motifs is 8. The fraction of sp³-hybridized carbons (Fsp3) is 0.444. The summed E-state index contributed by atoms with van der Waals surface area (Å²) < 4.78 is 0. The van der Waals surface area contributed by atoms with Crippen LogP contribution in [0.2, 0.25) is 5.02 Å². The van der Waals surface area contributed by atoms with Gasteiger partial charge in [0.25, 0.3) is 0 Å². The molecule has 4 aliphatic rings. The van der Waals surface area contributed by atoms with Gasteiger partial charge in [0, 0.05) is 16.9 Å². The maximum atomic E-state index is 12.7. The average molecular weight is 375 g/mol. The molecule has 2 heterocycles. The lowest BCUT2D eigenvalue weighted by Gasteiger charge is -2.29. The van der Waals surface area contributed by atoms with Gasteiger partial charge in [-0.05, 0) is 30.0 Å². The van der Waals surface area contributed by atoms with Crippen LogP contribution < -0.4 is 0 Å². The van der Waals surface area contributed by atoms with E-state index < -0.39 is 24.3 Å². The Morgan fingerprint density at radius 1 is 1.15 bits per heavy atom. The summed E-state index contributed by atoms with van der Waals surface area (Å²) in [5, 5.41) is 13.9. The number of benzene rings is 1. The molecule has 0 aromatic heterocycles. The van der Waals surface area contributed by atoms with Crippen LogP contribution in [-0.2, 0) is 19.2 Å². The van der Waals surface area contributed by atoms with Gasteiger partial charge >= 0.3 is 5.97 Å². The third kappa shape index (κ3) is 1.95. The molecule has 134 valence electrons. The van der Waals surface area contributed by atoms with Gasteiger partial charge in [0.1, 0.15) is 12.6 Å². The molecule has 2 aliphatic carbocycles. The number of carbonyl (C=O) groups excluding carboxylic acids is 2. The Bertz CT molecular complexity index is 867. The van der Waals surface area contributed by atoms with Crippen LogP contribution in [-0.4, -0.2) is 46.2 Å². The second-order valence-corrected chi connectivity index (χ2v) is 7.79. The van der Waals surface area contributed by atoms with Crippen molar-refractivity contribution in [3.63, 3.8) is 0 Å². The van der Waals surface area contributed by atoms with E-state index in [1.54, 1.807) is 12.1 Å². The van der Waals surface area contributed by atoms with Crippen LogP contribution in [0.25, 0.3) is 0 Å². The quantitative estimate of drug-likeness (QED) is 0.806. The summed E-state index contributed by atoms with van der Waals surface area (Å²) in [6, 6.07) is 7.30. The van der Waals surface area contributed by atoms with Crippen LogP contribution >= 0.6 is 11.6 Å². The Hall–Kier alpha value is -2.41. The smallest absolute Gasteiger partial charge is 0.323 e. The molecule has 2 aliphatic heterocycles. The summed E-state index contributed by atoms with van der Waals surface area (Å²) in [5.41, 5.74) is 1.68. The molecule has 2 amide bonds. The molecule has 5 rings (SSSR count). The van der Waals surface area contributed by atoms with E-state index in [1.165, 1.54) is 0 Å². The van der Waals surface area contributed by atoms with E-state index in [9.17, 15) is 14.4 Å². The van der Waals surface area contributed by atoms with E-state index in [0.717, 1.165) is 22.6 Å². The highest BCUT2D eigenvalue weighted by Gasteiger charge is 2.70. The maximum Gasteiger partial charge on any atom is 0.323 e. The largest absolute Gasteiger partial charge is 0.480 e. The molecule has 8 heteroatoms. The number of carboxylic acids is 1. The van der Waals surface area contributed by atoms with E-state index in [0.29, 0.717) is 5.02 Å². The SMILES string of the molecule is O=C(O)CN1C(=O)[C@@H]2[C@H]3C[C@H]([C@H]4ON=C(c5ccc(Cl)cc5)[C@@H]34)[C@@H]2C1=O. The van der Waals surface area contributed by atoms with Gasteiger partial charge in [-0.25, -0.2) is 0 Å². The molecular formula is C18H15ClN2O5. The highest BCUT2D eigenvalue weighted by molar-refractivity contribution is 6.30. The zero-order valence-electron chi connectivity index (χ0n) is 13.5. The van der Waals surface area contributed by atoms with Crippen LogP contribution in [0.1, 0.15) is 12.0 Å². The molecule has 1 saturated heterocycles. The Labute approximate surface area is 153 Å². The van der Waals surface area contributed by atoms with Gasteiger partial charge in [0.15, 0.2) is 0 Å². The molecule has 26 heavy (non-hydrogen) atoms. The van der Waals surface area contributed by atoms with Crippen molar-refractivity contribution in [2.45, 2.75) is 12.5 Å². The minimum atomic E-state index is -1.18. The fourth-order valence-corrected chi connectivity index (χ4v) is 5.46. The van der Waals surface area contributed by atoms with Crippen molar-refractivity contribution >= 4 is 35.1 Å². The monoisotopic (exact) mass is 374 g/mol. The van der Waals surface area contributed by atoms with Crippen LogP contribution in [0.3, 0.4) is 0 Å². The number of aliphatic carboxylic acids is 1. The average Bonchev–Trinajstić information content (AvgIpc) is 3.32. The molecule has 0 radical (unpaired) electrons. The van der Waals surface area contributed by atoms with Crippen molar-refractivity contribution < 1.29 is 24.3 Å². The number of nitrogens with zero attached hydrogens (tertiary/aromatic N) is 2. The number of oxime groups is 1. The highest BCUT2D eigenvalue weighted by atomic mass is 35.5. The van der Waals surface area contributed by atoms with Gasteiger partial charge in [0.2, 0.25) is 11.8 Å².